The molecule has 0 heterocycles. The average Bonchev–Trinajstić information content (AvgIpc) is 2.45. The zero-order valence-electron chi connectivity index (χ0n) is 12.7. The fourth-order valence-electron chi connectivity index (χ4n) is 2.55. The van der Waals surface area contributed by atoms with Gasteiger partial charge in [-0.2, -0.15) is 0 Å². The minimum absolute atomic E-state index is 0.103. The molecule has 0 aromatic heterocycles. The molecule has 0 bridgehead atoms. The highest BCUT2D eigenvalue weighted by molar-refractivity contribution is 7.28. The van der Waals surface area contributed by atoms with Crippen LogP contribution in [0.5, 0.6) is 0 Å². The van der Waals surface area contributed by atoms with Crippen LogP contribution in [-0.2, 0) is 5.41 Å². The van der Waals surface area contributed by atoms with Crippen LogP contribution in [0.4, 0.5) is 0 Å². The van der Waals surface area contributed by atoms with Crippen LogP contribution < -0.4 is 10.6 Å². The second-order valence-corrected chi connectivity index (χ2v) is 6.65. The van der Waals surface area contributed by atoms with E-state index in [1.165, 1.54) is 12.0 Å². The molecule has 3 atom stereocenters. The molecule has 3 unspecified atom stereocenters. The molecular weight excluding hydrogens is 289 g/mol. The Kier molecular flexibility index (Phi) is 7.47. The van der Waals surface area contributed by atoms with Crippen LogP contribution in [-0.4, -0.2) is 24.8 Å². The van der Waals surface area contributed by atoms with Gasteiger partial charge in [-0.3, -0.25) is 0 Å². The van der Waals surface area contributed by atoms with Crippen LogP contribution in [0.3, 0.4) is 0 Å². The molecule has 1 fully saturated rings. The van der Waals surface area contributed by atoms with Gasteiger partial charge in [-0.05, 0) is 49.4 Å². The number of aliphatic hydroxyl groups is 1. The van der Waals surface area contributed by atoms with Gasteiger partial charge >= 0.3 is 0 Å². The van der Waals surface area contributed by atoms with Gasteiger partial charge in [0.1, 0.15) is 0 Å². The summed E-state index contributed by atoms with van der Waals surface area (Å²) in [6.07, 6.45) is 4.07. The summed E-state index contributed by atoms with van der Waals surface area (Å²) in [4.78, 5) is 0. The predicted molar refractivity (Wildman–Crippen MR) is 92.2 cm³/mol. The number of halogens is 1. The lowest BCUT2D eigenvalue weighted by Crippen LogP contribution is -2.39. The molecule has 0 aliphatic heterocycles. The van der Waals surface area contributed by atoms with E-state index in [1.54, 1.807) is 0 Å². The molecule has 4 heteroatoms. The molecule has 1 aliphatic rings. The minimum Gasteiger partial charge on any atom is -0.392 e. The summed E-state index contributed by atoms with van der Waals surface area (Å²) in [5.74, 6) is 0. The molecule has 114 valence electrons. The van der Waals surface area contributed by atoms with Gasteiger partial charge in [0, 0.05) is 10.4 Å². The summed E-state index contributed by atoms with van der Waals surface area (Å²) in [6.45, 7) is 5.30. The van der Waals surface area contributed by atoms with Gasteiger partial charge in [-0.15, -0.1) is 9.24 Å². The Hall–Kier alpha value is -0.140. The molecule has 1 aromatic rings. The first-order valence-corrected chi connectivity index (χ1v) is 8.29. The summed E-state index contributed by atoms with van der Waals surface area (Å²) in [5, 5.41) is 14.9. The lowest BCUT2D eigenvalue weighted by Gasteiger charge is -2.39. The van der Waals surface area contributed by atoms with E-state index >= 15 is 0 Å². The molecular formula is C16H27ClNOP. The van der Waals surface area contributed by atoms with Crippen molar-refractivity contribution >= 4 is 26.1 Å². The molecule has 2 N–H and O–H groups in total. The fraction of sp³-hybridized carbons (Fsp3) is 0.625. The summed E-state index contributed by atoms with van der Waals surface area (Å²) in [7, 11) is 4.58. The van der Waals surface area contributed by atoms with E-state index in [1.807, 2.05) is 19.2 Å². The number of aliphatic hydroxyl groups excluding tert-OH is 1. The van der Waals surface area contributed by atoms with E-state index in [9.17, 15) is 5.11 Å². The molecule has 0 amide bonds. The summed E-state index contributed by atoms with van der Waals surface area (Å²) in [5.41, 5.74) is 1.10. The standard InChI is InChI=1S/C13H18ClOP.C3H9N/c1-13(7-3-2-4-12(13)15)9-5-6-10(14)11(16)8-9;1-3-4-2/h5-6,8,12,15H,2-4,7,16H2,1H3;4H,3H2,1-2H3. The van der Waals surface area contributed by atoms with Crippen molar-refractivity contribution in [3.05, 3.63) is 28.8 Å². The second kappa shape index (κ2) is 8.34. The number of nitrogens with one attached hydrogen (secondary N) is 1. The topological polar surface area (TPSA) is 32.3 Å². The lowest BCUT2D eigenvalue weighted by atomic mass is 9.69. The molecule has 0 radical (unpaired) electrons. The van der Waals surface area contributed by atoms with Crippen molar-refractivity contribution in [1.29, 1.82) is 0 Å². The third-order valence-electron chi connectivity index (χ3n) is 4.17. The third-order valence-corrected chi connectivity index (χ3v) is 5.17. The van der Waals surface area contributed by atoms with Gasteiger partial charge in [-0.25, -0.2) is 0 Å². The van der Waals surface area contributed by atoms with E-state index in [-0.39, 0.29) is 11.5 Å². The maximum atomic E-state index is 10.2. The van der Waals surface area contributed by atoms with E-state index < -0.39 is 0 Å². The minimum atomic E-state index is -0.230. The first-order chi connectivity index (χ1) is 9.45. The quantitative estimate of drug-likeness (QED) is 0.821. The van der Waals surface area contributed by atoms with E-state index in [4.69, 9.17) is 11.6 Å². The number of benzene rings is 1. The Bertz CT molecular complexity index is 425. The molecule has 0 spiro atoms. The monoisotopic (exact) mass is 315 g/mol. The van der Waals surface area contributed by atoms with Crippen molar-refractivity contribution in [2.24, 2.45) is 0 Å². The SMILES string of the molecule is CC1(c2ccc(Cl)c(P)c2)CCCCC1O.CCNC. The first-order valence-electron chi connectivity index (χ1n) is 7.34. The molecule has 1 saturated carbocycles. The smallest absolute Gasteiger partial charge is 0.0634 e. The lowest BCUT2D eigenvalue weighted by molar-refractivity contribution is 0.0521. The highest BCUT2D eigenvalue weighted by atomic mass is 35.5. The van der Waals surface area contributed by atoms with Crippen LogP contribution in [0.2, 0.25) is 5.02 Å². The second-order valence-electron chi connectivity index (χ2n) is 5.62. The Morgan fingerprint density at radius 2 is 2.10 bits per heavy atom. The van der Waals surface area contributed by atoms with Gasteiger partial charge in [0.15, 0.2) is 0 Å². The van der Waals surface area contributed by atoms with Gasteiger partial charge < -0.3 is 10.4 Å². The fourth-order valence-corrected chi connectivity index (χ4v) is 2.94. The van der Waals surface area contributed by atoms with Gasteiger partial charge in [0.2, 0.25) is 0 Å². The predicted octanol–water partition coefficient (Wildman–Crippen LogP) is 3.26. The van der Waals surface area contributed by atoms with Gasteiger partial charge in [0.05, 0.1) is 6.10 Å². The van der Waals surface area contributed by atoms with Crippen molar-refractivity contribution in [2.45, 2.75) is 51.0 Å². The highest BCUT2D eigenvalue weighted by Gasteiger charge is 2.36. The zero-order chi connectivity index (χ0) is 15.2. The molecule has 1 aromatic carbocycles. The molecule has 2 nitrogen and oxygen atoms in total. The van der Waals surface area contributed by atoms with Crippen LogP contribution in [0.15, 0.2) is 18.2 Å². The third kappa shape index (κ3) is 4.43. The summed E-state index contributed by atoms with van der Waals surface area (Å²) < 4.78 is 0. The Morgan fingerprint density at radius 1 is 1.45 bits per heavy atom. The molecule has 0 saturated heterocycles. The average molecular weight is 316 g/mol. The highest BCUT2D eigenvalue weighted by Crippen LogP contribution is 2.39. The Balaban J connectivity index is 0.000000444. The van der Waals surface area contributed by atoms with Crippen molar-refractivity contribution in [3.63, 3.8) is 0 Å². The van der Waals surface area contributed by atoms with Crippen molar-refractivity contribution in [2.75, 3.05) is 13.6 Å². The number of hydrogen-bond acceptors (Lipinski definition) is 2. The summed E-state index contributed by atoms with van der Waals surface area (Å²) in [6, 6.07) is 6.05. The first kappa shape index (κ1) is 17.9. The van der Waals surface area contributed by atoms with Crippen molar-refractivity contribution < 1.29 is 5.11 Å². The van der Waals surface area contributed by atoms with Crippen molar-refractivity contribution in [1.82, 2.24) is 5.32 Å². The maximum Gasteiger partial charge on any atom is 0.0634 e. The number of rotatable bonds is 2. The molecule has 2 rings (SSSR count). The molecule has 1 aliphatic carbocycles. The van der Waals surface area contributed by atoms with Crippen molar-refractivity contribution in [3.8, 4) is 0 Å². The van der Waals surface area contributed by atoms with Gasteiger partial charge in [-0.1, -0.05) is 44.4 Å². The number of hydrogen-bond donors (Lipinski definition) is 2. The normalized spacial score (nSPS) is 25.8. The van der Waals surface area contributed by atoms with Crippen LogP contribution in [0.25, 0.3) is 0 Å². The maximum absolute atomic E-state index is 10.2. The van der Waals surface area contributed by atoms with Crippen LogP contribution >= 0.6 is 20.8 Å². The van der Waals surface area contributed by atoms with Crippen LogP contribution in [0, 0.1) is 0 Å². The van der Waals surface area contributed by atoms with Gasteiger partial charge in [0.25, 0.3) is 0 Å². The van der Waals surface area contributed by atoms with E-state index in [2.05, 4.69) is 34.5 Å². The Labute approximate surface area is 130 Å². The molecule has 20 heavy (non-hydrogen) atoms. The zero-order valence-corrected chi connectivity index (χ0v) is 14.7. The van der Waals surface area contributed by atoms with E-state index in [0.29, 0.717) is 0 Å². The summed E-state index contributed by atoms with van der Waals surface area (Å²) >= 11 is 6.02. The Morgan fingerprint density at radius 3 is 2.60 bits per heavy atom. The largest absolute Gasteiger partial charge is 0.392 e. The van der Waals surface area contributed by atoms with E-state index in [0.717, 1.165) is 36.1 Å². The van der Waals surface area contributed by atoms with Crippen LogP contribution in [0.1, 0.15) is 45.1 Å².